The highest BCUT2D eigenvalue weighted by atomic mass is 32.1. The predicted octanol–water partition coefficient (Wildman–Crippen LogP) is 1.28. The molecule has 41 valence electrons. The molecule has 0 aliphatic carbocycles. The molecule has 1 aliphatic heterocycles. The Morgan fingerprint density at radius 1 is 1.43 bits per heavy atom. The normalized spacial score (nSPS) is 33.0. The van der Waals surface area contributed by atoms with Gasteiger partial charge >= 0.3 is 0 Å². The predicted molar refractivity (Wildman–Crippen MR) is 33.2 cm³/mol. The van der Waals surface area contributed by atoms with Crippen LogP contribution in [0.5, 0.6) is 0 Å². The Kier molecular flexibility index (Phi) is 2.00. The van der Waals surface area contributed by atoms with Crippen LogP contribution in [-0.4, -0.2) is 11.9 Å². The molecule has 1 saturated heterocycles. The van der Waals surface area contributed by atoms with Gasteiger partial charge in [-0.25, -0.2) is 0 Å². The topological polar surface area (TPSA) is 12.0 Å². The van der Waals surface area contributed by atoms with Gasteiger partial charge in [-0.05, 0) is 25.8 Å². The molecule has 2 heteroatoms. The lowest BCUT2D eigenvalue weighted by Crippen LogP contribution is -2.28. The summed E-state index contributed by atoms with van der Waals surface area (Å²) in [4.78, 5) is 0. The van der Waals surface area contributed by atoms with E-state index in [9.17, 15) is 0 Å². The molecule has 1 atom stereocenters. The molecule has 1 aliphatic rings. The molecule has 0 spiro atoms. The Morgan fingerprint density at radius 2 is 2.29 bits per heavy atom. The molecule has 0 saturated carbocycles. The largest absolute Gasteiger partial charge is 0.305 e. The lowest BCUT2D eigenvalue weighted by Gasteiger charge is -2.16. The number of rotatable bonds is 0. The molecule has 1 radical (unpaired) electrons. The van der Waals surface area contributed by atoms with Gasteiger partial charge in [-0.15, -0.1) is 0 Å². The van der Waals surface area contributed by atoms with E-state index in [1.54, 1.807) is 0 Å². The molecule has 7 heavy (non-hydrogen) atoms. The zero-order valence-corrected chi connectivity index (χ0v) is 5.13. The molecule has 1 nitrogen and oxygen atoms in total. The highest BCUT2D eigenvalue weighted by molar-refractivity contribution is 7.80. The van der Waals surface area contributed by atoms with E-state index < -0.39 is 0 Å². The second-order valence-corrected chi connectivity index (χ2v) is 2.51. The summed E-state index contributed by atoms with van der Waals surface area (Å²) >= 11 is 4.98. The molecule has 0 amide bonds. The van der Waals surface area contributed by atoms with Gasteiger partial charge in [0.2, 0.25) is 0 Å². The lowest BCUT2D eigenvalue weighted by atomic mass is 10.2. The lowest BCUT2D eigenvalue weighted by molar-refractivity contribution is 0.494. The van der Waals surface area contributed by atoms with Gasteiger partial charge in [0.05, 0.1) is 5.37 Å². The first-order valence-corrected chi connectivity index (χ1v) is 3.26. The van der Waals surface area contributed by atoms with Crippen LogP contribution < -0.4 is 5.32 Å². The van der Waals surface area contributed by atoms with Crippen LogP contribution in [0.15, 0.2) is 0 Å². The van der Waals surface area contributed by atoms with Crippen LogP contribution in [-0.2, 0) is 0 Å². The van der Waals surface area contributed by atoms with E-state index in [0.717, 1.165) is 6.54 Å². The van der Waals surface area contributed by atoms with Gasteiger partial charge in [0.25, 0.3) is 0 Å². The fourth-order valence-electron chi connectivity index (χ4n) is 0.820. The number of hydrogen-bond donors (Lipinski definition) is 1. The van der Waals surface area contributed by atoms with Gasteiger partial charge in [0, 0.05) is 0 Å². The average Bonchev–Trinajstić information content (AvgIpc) is 1.69. The Balaban J connectivity index is 2.12. The summed E-state index contributed by atoms with van der Waals surface area (Å²) in [6, 6.07) is 0. The zero-order valence-electron chi connectivity index (χ0n) is 4.31. The van der Waals surface area contributed by atoms with E-state index in [-0.39, 0.29) is 0 Å². The first kappa shape index (κ1) is 5.45. The first-order chi connectivity index (χ1) is 3.39. The molecular formula is C5H10NS. The average molecular weight is 116 g/mol. The summed E-state index contributed by atoms with van der Waals surface area (Å²) < 4.78 is 0. The van der Waals surface area contributed by atoms with Gasteiger partial charge < -0.3 is 5.32 Å². The summed E-state index contributed by atoms with van der Waals surface area (Å²) in [7, 11) is 0. The summed E-state index contributed by atoms with van der Waals surface area (Å²) in [5.74, 6) is 0. The van der Waals surface area contributed by atoms with Crippen molar-refractivity contribution in [1.29, 1.82) is 0 Å². The van der Waals surface area contributed by atoms with Crippen molar-refractivity contribution in [2.45, 2.75) is 24.6 Å². The van der Waals surface area contributed by atoms with Crippen molar-refractivity contribution in [3.05, 3.63) is 0 Å². The quantitative estimate of drug-likeness (QED) is 0.503. The van der Waals surface area contributed by atoms with E-state index >= 15 is 0 Å². The molecule has 1 fully saturated rings. The minimum absolute atomic E-state index is 0.369. The Bertz CT molecular complexity index is 50.0. The molecule has 1 unspecified atom stereocenters. The fourth-order valence-corrected chi connectivity index (χ4v) is 1.10. The van der Waals surface area contributed by atoms with Crippen molar-refractivity contribution in [2.75, 3.05) is 6.54 Å². The minimum atomic E-state index is 0.369. The van der Waals surface area contributed by atoms with E-state index in [1.165, 1.54) is 19.3 Å². The van der Waals surface area contributed by atoms with Crippen LogP contribution in [0.1, 0.15) is 19.3 Å². The van der Waals surface area contributed by atoms with E-state index in [1.807, 2.05) is 0 Å². The van der Waals surface area contributed by atoms with Crippen LogP contribution >= 0.6 is 12.6 Å². The zero-order chi connectivity index (χ0) is 5.11. The Morgan fingerprint density at radius 3 is 2.57 bits per heavy atom. The maximum Gasteiger partial charge on any atom is 0.0637 e. The van der Waals surface area contributed by atoms with Crippen LogP contribution in [0.25, 0.3) is 0 Å². The third-order valence-corrected chi connectivity index (χ3v) is 1.67. The van der Waals surface area contributed by atoms with Crippen molar-refractivity contribution in [2.24, 2.45) is 0 Å². The van der Waals surface area contributed by atoms with Crippen molar-refractivity contribution in [3.63, 3.8) is 0 Å². The molecule has 0 aromatic heterocycles. The number of hydrogen-bond acceptors (Lipinski definition) is 1. The van der Waals surface area contributed by atoms with Crippen molar-refractivity contribution in [1.82, 2.24) is 5.32 Å². The second kappa shape index (κ2) is 2.58. The van der Waals surface area contributed by atoms with Gasteiger partial charge in [0.15, 0.2) is 0 Å². The third kappa shape index (κ3) is 1.70. The Hall–Kier alpha value is 0.310. The number of piperidine rings is 1. The molecule has 1 N–H and O–H groups in total. The molecule has 1 rings (SSSR count). The highest BCUT2D eigenvalue weighted by Crippen LogP contribution is 2.08. The van der Waals surface area contributed by atoms with Gasteiger partial charge in [-0.2, -0.15) is 0 Å². The molecule has 0 aromatic rings. The summed E-state index contributed by atoms with van der Waals surface area (Å²) in [6.07, 6.45) is 3.82. The monoisotopic (exact) mass is 116 g/mol. The van der Waals surface area contributed by atoms with E-state index in [0.29, 0.717) is 5.37 Å². The Labute approximate surface area is 49.9 Å². The van der Waals surface area contributed by atoms with E-state index in [2.05, 4.69) is 5.32 Å². The SMILES string of the molecule is [S]C1CCCCN1. The summed E-state index contributed by atoms with van der Waals surface area (Å²) in [5, 5.41) is 3.57. The van der Waals surface area contributed by atoms with Gasteiger partial charge in [-0.1, -0.05) is 12.6 Å². The highest BCUT2D eigenvalue weighted by Gasteiger charge is 2.06. The first-order valence-electron chi connectivity index (χ1n) is 2.79. The van der Waals surface area contributed by atoms with Crippen molar-refractivity contribution >= 4 is 12.6 Å². The standard InChI is InChI=1S/C5H10NS/c7-5-3-1-2-4-6-5/h5-6H,1-4H2. The maximum atomic E-state index is 4.98. The van der Waals surface area contributed by atoms with Crippen LogP contribution in [0, 0.1) is 0 Å². The molecule has 1 heterocycles. The van der Waals surface area contributed by atoms with Crippen LogP contribution in [0.4, 0.5) is 0 Å². The van der Waals surface area contributed by atoms with Crippen molar-refractivity contribution < 1.29 is 0 Å². The smallest absolute Gasteiger partial charge is 0.0637 e. The third-order valence-electron chi connectivity index (χ3n) is 1.27. The number of nitrogens with one attached hydrogen (secondary N) is 1. The van der Waals surface area contributed by atoms with Crippen molar-refractivity contribution in [3.8, 4) is 0 Å². The van der Waals surface area contributed by atoms with Crippen LogP contribution in [0.2, 0.25) is 0 Å². The molecule has 0 bridgehead atoms. The fraction of sp³-hybridized carbons (Fsp3) is 1.00. The molecule has 0 aromatic carbocycles. The van der Waals surface area contributed by atoms with Crippen LogP contribution in [0.3, 0.4) is 0 Å². The summed E-state index contributed by atoms with van der Waals surface area (Å²) in [6.45, 7) is 1.13. The minimum Gasteiger partial charge on any atom is -0.305 e. The van der Waals surface area contributed by atoms with E-state index in [4.69, 9.17) is 12.6 Å². The molecular weight excluding hydrogens is 106 g/mol. The summed E-state index contributed by atoms with van der Waals surface area (Å²) in [5.41, 5.74) is 0. The second-order valence-electron chi connectivity index (χ2n) is 1.94. The van der Waals surface area contributed by atoms with Gasteiger partial charge in [-0.3, -0.25) is 0 Å². The van der Waals surface area contributed by atoms with Gasteiger partial charge in [0.1, 0.15) is 0 Å². The maximum absolute atomic E-state index is 4.98.